The largest absolute Gasteiger partial charge is 0.460 e. The standard InChI is InChI=1S/C56H87N3O17S/c1-33-16-12-11-13-17-34(2)46(70-8)30-42-21-19-39(7)56(67,76-42)52(63)53(64)59-24-15-14-18-43(59)54(65)74-47(31-44(60)35(3)27-38(6)50(62)51(72-10)49(61)37(5)26-33)36(4)28-40-20-22-45(48(29-40)71-9)75-55(66)58-77(68,69)57-41-23-25-73-32-41/h11-13,16-17,27,33,35-37,39-43,45-48,50-51,57,62,67H,14-15,18-26,28-32H2,1-10H3,(H,58,66)/b13-11+,16-12+,34-17+,38-27+/t33-,35-,36-,37-,39-,40+,41-,42+,43+,45-,46+,47+,48-,50-,51+,56-/m1/s1. The lowest BCUT2D eigenvalue weighted by Crippen LogP contribution is -2.61. The molecule has 4 aliphatic heterocycles. The molecule has 0 spiro atoms. The lowest BCUT2D eigenvalue weighted by molar-refractivity contribution is -0.265. The maximum Gasteiger partial charge on any atom is 0.422 e. The predicted octanol–water partition coefficient (Wildman–Crippen LogP) is 5.54. The first kappa shape index (κ1) is 63.6. The molecule has 0 aromatic rings. The molecule has 77 heavy (non-hydrogen) atoms. The van der Waals surface area contributed by atoms with Crippen molar-refractivity contribution >= 4 is 45.5 Å². The van der Waals surface area contributed by atoms with Crippen LogP contribution in [0.15, 0.2) is 47.6 Å². The summed E-state index contributed by atoms with van der Waals surface area (Å²) in [5.41, 5.74) is 1.19. The molecule has 0 radical (unpaired) electrons. The smallest absolute Gasteiger partial charge is 0.422 e. The number of rotatable bonds is 10. The van der Waals surface area contributed by atoms with Crippen LogP contribution in [0.1, 0.15) is 132 Å². The molecule has 2 amide bonds. The van der Waals surface area contributed by atoms with Crippen molar-refractivity contribution in [2.75, 3.05) is 41.1 Å². The summed E-state index contributed by atoms with van der Waals surface area (Å²) in [6.07, 6.45) is 8.28. The number of nitrogens with zero attached hydrogens (tertiary/aromatic N) is 1. The predicted molar refractivity (Wildman–Crippen MR) is 284 cm³/mol. The highest BCUT2D eigenvalue weighted by atomic mass is 32.2. The Balaban J connectivity index is 1.41. The zero-order valence-corrected chi connectivity index (χ0v) is 47.6. The van der Waals surface area contributed by atoms with E-state index in [1.807, 2.05) is 55.9 Å². The number of Topliss-reactive ketones (excluding diaryl/α,β-unsaturated/α-hetero) is 3. The zero-order chi connectivity index (χ0) is 56.8. The Hall–Kier alpha value is -4.19. The number of hydrogen-bond acceptors (Lipinski definition) is 17. The third-order valence-electron chi connectivity index (χ3n) is 16.2. The number of aliphatic hydroxyl groups excluding tert-OH is 1. The minimum absolute atomic E-state index is 0.0168. The number of ether oxygens (including phenoxy) is 7. The Morgan fingerprint density at radius 2 is 1.62 bits per heavy atom. The molecule has 2 bridgehead atoms. The average molecular weight is 1110 g/mol. The quantitative estimate of drug-likeness (QED) is 0.119. The van der Waals surface area contributed by atoms with Gasteiger partial charge in [0.25, 0.3) is 11.7 Å². The van der Waals surface area contributed by atoms with Gasteiger partial charge in [-0.25, -0.2) is 14.3 Å². The summed E-state index contributed by atoms with van der Waals surface area (Å²) in [5.74, 6) is -8.88. The van der Waals surface area contributed by atoms with E-state index in [9.17, 15) is 47.4 Å². The van der Waals surface area contributed by atoms with E-state index >= 15 is 0 Å². The maximum atomic E-state index is 14.6. The first-order chi connectivity index (χ1) is 36.4. The Kier molecular flexibility index (Phi) is 24.2. The third-order valence-corrected chi connectivity index (χ3v) is 17.3. The van der Waals surface area contributed by atoms with E-state index in [1.165, 1.54) is 14.2 Å². The first-order valence-electron chi connectivity index (χ1n) is 27.5. The van der Waals surface area contributed by atoms with Crippen LogP contribution < -0.4 is 9.44 Å². The van der Waals surface area contributed by atoms with Gasteiger partial charge in [-0.15, -0.1) is 0 Å². The molecule has 20 nitrogen and oxygen atoms in total. The minimum Gasteiger partial charge on any atom is -0.460 e. The van der Waals surface area contributed by atoms with Gasteiger partial charge in [-0.3, -0.25) is 19.2 Å². The number of allylic oxidation sites excluding steroid dienone is 6. The van der Waals surface area contributed by atoms with Crippen molar-refractivity contribution in [3.8, 4) is 0 Å². The van der Waals surface area contributed by atoms with Crippen LogP contribution in [-0.4, -0.2) is 161 Å². The summed E-state index contributed by atoms with van der Waals surface area (Å²) in [6, 6.07) is -1.70. The molecule has 16 atom stereocenters. The van der Waals surface area contributed by atoms with Crippen LogP contribution in [0.2, 0.25) is 0 Å². The van der Waals surface area contributed by atoms with Gasteiger partial charge >= 0.3 is 22.3 Å². The number of nitrogens with one attached hydrogen (secondary N) is 2. The molecular formula is C56H87N3O17S. The Labute approximate surface area is 455 Å². The van der Waals surface area contributed by atoms with Gasteiger partial charge in [0, 0.05) is 71.1 Å². The highest BCUT2D eigenvalue weighted by Gasteiger charge is 2.53. The molecule has 1 aliphatic carbocycles. The fourth-order valence-corrected chi connectivity index (χ4v) is 12.3. The number of carbonyl (C=O) groups is 6. The van der Waals surface area contributed by atoms with E-state index in [2.05, 4.69) is 4.72 Å². The second-order valence-corrected chi connectivity index (χ2v) is 23.7. The van der Waals surface area contributed by atoms with Crippen LogP contribution >= 0.6 is 0 Å². The minimum atomic E-state index is -4.23. The third kappa shape index (κ3) is 17.7. The van der Waals surface area contributed by atoms with E-state index in [-0.39, 0.29) is 55.8 Å². The van der Waals surface area contributed by atoms with Gasteiger partial charge in [-0.05, 0) is 113 Å². The SMILES string of the molecule is CO[C@H]1C[C@@H]2CC[C@@H](C)[C@@](O)(O2)C(=O)C(=O)N2CCCC[C@H]2C(=O)O[C@H]([C@H](C)C[C@@H]2CC[C@@H](OC(=O)NS(=O)(=O)N[C@@H]3CCOC3)[C@H](OC)C2)CC(=O)[C@H](C)/C=C(\C)[C@@H](O)[C@@H](OC)C(=O)[C@H](C)C[C@H](C)/C=C/C=C/C=C/1C. The second kappa shape index (κ2) is 29.3. The number of cyclic esters (lactones) is 1. The van der Waals surface area contributed by atoms with E-state index in [0.29, 0.717) is 76.4 Å². The van der Waals surface area contributed by atoms with Crippen LogP contribution in [0, 0.1) is 35.5 Å². The van der Waals surface area contributed by atoms with Gasteiger partial charge in [0.1, 0.15) is 36.2 Å². The van der Waals surface area contributed by atoms with Crippen LogP contribution in [0.25, 0.3) is 0 Å². The number of piperidine rings is 1. The van der Waals surface area contributed by atoms with E-state index in [1.54, 1.807) is 40.9 Å². The van der Waals surface area contributed by atoms with Gasteiger partial charge in [-0.1, -0.05) is 71.1 Å². The van der Waals surface area contributed by atoms with E-state index in [0.717, 1.165) is 10.5 Å². The summed E-state index contributed by atoms with van der Waals surface area (Å²) in [7, 11) is 0.136. The van der Waals surface area contributed by atoms with Gasteiger partial charge in [0.2, 0.25) is 5.79 Å². The number of hydrogen-bond donors (Lipinski definition) is 4. The molecule has 5 aliphatic rings. The fraction of sp³-hybridized carbons (Fsp3) is 0.750. The maximum absolute atomic E-state index is 14.6. The van der Waals surface area contributed by atoms with Crippen molar-refractivity contribution in [3.63, 3.8) is 0 Å². The number of aliphatic hydroxyl groups is 2. The number of amides is 2. The summed E-state index contributed by atoms with van der Waals surface area (Å²) >= 11 is 0. The summed E-state index contributed by atoms with van der Waals surface area (Å²) in [6.45, 7) is 13.0. The van der Waals surface area contributed by atoms with Crippen LogP contribution in [0.4, 0.5) is 4.79 Å². The number of carbonyl (C=O) groups excluding carboxylic acids is 6. The van der Waals surface area contributed by atoms with Crippen molar-refractivity contribution < 1.29 is 80.6 Å². The zero-order valence-electron chi connectivity index (χ0n) is 46.8. The number of esters is 1. The van der Waals surface area contributed by atoms with Gasteiger partial charge in [0.05, 0.1) is 24.9 Å². The number of ketones is 3. The second-order valence-electron chi connectivity index (χ2n) is 22.3. The molecule has 0 aromatic heterocycles. The molecule has 0 aromatic carbocycles. The lowest BCUT2D eigenvalue weighted by Gasteiger charge is -2.42. The molecule has 4 N–H and O–H groups in total. The molecular weight excluding hydrogens is 1020 g/mol. The Bertz CT molecular complexity index is 2280. The molecule has 4 fully saturated rings. The average Bonchev–Trinajstić information content (AvgIpc) is 3.92. The molecule has 434 valence electrons. The molecule has 1 saturated carbocycles. The van der Waals surface area contributed by atoms with Crippen LogP contribution in [0.3, 0.4) is 0 Å². The molecule has 3 saturated heterocycles. The normalized spacial score (nSPS) is 38.0. The van der Waals surface area contributed by atoms with Gasteiger partial charge < -0.3 is 48.3 Å². The Morgan fingerprint density at radius 1 is 0.883 bits per heavy atom. The molecule has 0 unspecified atom stereocenters. The topological polar surface area (TPSA) is 269 Å². The van der Waals surface area contributed by atoms with E-state index < -0.39 is 118 Å². The Morgan fingerprint density at radius 3 is 2.30 bits per heavy atom. The molecule has 5 rings (SSSR count). The van der Waals surface area contributed by atoms with Crippen molar-refractivity contribution in [1.82, 2.24) is 14.3 Å². The highest BCUT2D eigenvalue weighted by molar-refractivity contribution is 7.88. The van der Waals surface area contributed by atoms with Crippen LogP contribution in [-0.2, 0) is 67.3 Å². The van der Waals surface area contributed by atoms with Gasteiger partial charge in [0.15, 0.2) is 5.78 Å². The lowest BCUT2D eigenvalue weighted by atomic mass is 9.78. The van der Waals surface area contributed by atoms with Crippen molar-refractivity contribution in [2.45, 2.75) is 193 Å². The van der Waals surface area contributed by atoms with E-state index in [4.69, 9.17) is 33.2 Å². The molecule has 21 heteroatoms. The summed E-state index contributed by atoms with van der Waals surface area (Å²) in [5, 5.41) is 23.6. The van der Waals surface area contributed by atoms with Crippen LogP contribution in [0.5, 0.6) is 0 Å². The van der Waals surface area contributed by atoms with Crippen molar-refractivity contribution in [3.05, 3.63) is 47.6 Å². The monoisotopic (exact) mass is 1110 g/mol. The van der Waals surface area contributed by atoms with Crippen molar-refractivity contribution in [2.24, 2.45) is 35.5 Å². The molecule has 4 heterocycles. The first-order valence-corrected chi connectivity index (χ1v) is 29.0. The fourth-order valence-electron chi connectivity index (χ4n) is 11.4. The van der Waals surface area contributed by atoms with Crippen molar-refractivity contribution in [1.29, 1.82) is 0 Å². The highest BCUT2D eigenvalue weighted by Crippen LogP contribution is 2.38. The summed E-state index contributed by atoms with van der Waals surface area (Å²) in [4.78, 5) is 85.4. The summed E-state index contributed by atoms with van der Waals surface area (Å²) < 4.78 is 70.0. The van der Waals surface area contributed by atoms with Gasteiger partial charge in [-0.2, -0.15) is 13.1 Å². The number of methoxy groups -OCH3 is 3. The number of fused-ring (bicyclic) bond motifs is 3.